The molecule has 1 amide bonds. The van der Waals surface area contributed by atoms with E-state index in [1.54, 1.807) is 12.1 Å². The van der Waals surface area contributed by atoms with E-state index in [0.29, 0.717) is 25.1 Å². The van der Waals surface area contributed by atoms with Gasteiger partial charge in [0.15, 0.2) is 0 Å². The van der Waals surface area contributed by atoms with Gasteiger partial charge in [-0.15, -0.1) is 0 Å². The number of benzene rings is 1. The predicted octanol–water partition coefficient (Wildman–Crippen LogP) is 2.31. The number of rotatable bonds is 7. The first-order chi connectivity index (χ1) is 11.5. The summed E-state index contributed by atoms with van der Waals surface area (Å²) in [6.07, 6.45) is 1.65. The minimum absolute atomic E-state index is 0.0389. The molecule has 2 rings (SSSR count). The van der Waals surface area contributed by atoms with Gasteiger partial charge in [0, 0.05) is 25.6 Å². The van der Waals surface area contributed by atoms with Gasteiger partial charge in [-0.2, -0.15) is 8.78 Å². The topological polar surface area (TPSA) is 61.8 Å². The molecule has 1 aromatic carbocycles. The molecular weight excluding hydrogens is 318 g/mol. The van der Waals surface area contributed by atoms with Gasteiger partial charge in [0.25, 0.3) is 0 Å². The van der Waals surface area contributed by atoms with Crippen molar-refractivity contribution < 1.29 is 23.4 Å². The van der Waals surface area contributed by atoms with Crippen LogP contribution in [0.3, 0.4) is 0 Å². The third kappa shape index (κ3) is 5.72. The van der Waals surface area contributed by atoms with E-state index in [9.17, 15) is 18.7 Å². The Morgan fingerprint density at radius 3 is 2.75 bits per heavy atom. The molecular formula is C17H24F2N2O3. The molecule has 0 spiro atoms. The summed E-state index contributed by atoms with van der Waals surface area (Å²) in [5.41, 5.74) is 0.649. The van der Waals surface area contributed by atoms with Crippen LogP contribution in [0.25, 0.3) is 0 Å². The first-order valence-corrected chi connectivity index (χ1v) is 8.22. The number of likely N-dealkylation sites (tertiary alicyclic amines) is 1. The van der Waals surface area contributed by atoms with Gasteiger partial charge in [-0.1, -0.05) is 19.1 Å². The van der Waals surface area contributed by atoms with Gasteiger partial charge in [-0.25, -0.2) is 0 Å². The molecule has 1 aliphatic heterocycles. The fourth-order valence-electron chi connectivity index (χ4n) is 2.89. The molecule has 0 saturated carbocycles. The molecule has 0 aliphatic carbocycles. The van der Waals surface area contributed by atoms with Crippen LogP contribution in [0.5, 0.6) is 5.75 Å². The highest BCUT2D eigenvalue weighted by molar-refractivity contribution is 5.75. The van der Waals surface area contributed by atoms with Crippen LogP contribution < -0.4 is 10.1 Å². The normalized spacial score (nSPS) is 20.0. The Labute approximate surface area is 140 Å². The zero-order chi connectivity index (χ0) is 17.5. The molecule has 134 valence electrons. The van der Waals surface area contributed by atoms with Gasteiger partial charge >= 0.3 is 6.61 Å². The summed E-state index contributed by atoms with van der Waals surface area (Å²) in [4.78, 5) is 13.6. The lowest BCUT2D eigenvalue weighted by atomic mass is 10.0. The molecule has 24 heavy (non-hydrogen) atoms. The molecule has 5 nitrogen and oxygen atoms in total. The summed E-state index contributed by atoms with van der Waals surface area (Å²) in [5.74, 6) is 0.110. The Kier molecular flexibility index (Phi) is 6.93. The summed E-state index contributed by atoms with van der Waals surface area (Å²) >= 11 is 0. The van der Waals surface area contributed by atoms with Crippen molar-refractivity contribution in [1.82, 2.24) is 10.2 Å². The van der Waals surface area contributed by atoms with Crippen molar-refractivity contribution in [3.63, 3.8) is 0 Å². The number of piperidine rings is 1. The Hall–Kier alpha value is -1.73. The van der Waals surface area contributed by atoms with Gasteiger partial charge in [0.05, 0.1) is 6.10 Å². The number of aliphatic hydroxyl groups is 1. The van der Waals surface area contributed by atoms with Gasteiger partial charge in [0.1, 0.15) is 5.75 Å². The van der Waals surface area contributed by atoms with E-state index in [2.05, 4.69) is 15.0 Å². The highest BCUT2D eigenvalue weighted by Gasteiger charge is 2.23. The number of carbonyl (C=O) groups is 1. The number of carbonyl (C=O) groups excluding carboxylic acids is 1. The summed E-state index contributed by atoms with van der Waals surface area (Å²) < 4.78 is 28.6. The second-order valence-corrected chi connectivity index (χ2v) is 5.98. The molecule has 2 N–H and O–H groups in total. The van der Waals surface area contributed by atoms with Crippen LogP contribution in [-0.4, -0.2) is 48.2 Å². The van der Waals surface area contributed by atoms with Gasteiger partial charge in [-0.05, 0) is 37.1 Å². The maximum atomic E-state index is 12.1. The number of nitrogens with one attached hydrogen (secondary N) is 1. The predicted molar refractivity (Wildman–Crippen MR) is 85.9 cm³/mol. The number of amides is 1. The average Bonchev–Trinajstić information content (AvgIpc) is 2.55. The van der Waals surface area contributed by atoms with Crippen LogP contribution in [0.2, 0.25) is 0 Å². The van der Waals surface area contributed by atoms with Crippen LogP contribution in [0.1, 0.15) is 37.9 Å². The summed E-state index contributed by atoms with van der Waals surface area (Å²) in [5, 5.41) is 13.3. The lowest BCUT2D eigenvalue weighted by Crippen LogP contribution is -2.48. The fraction of sp³-hybridized carbons (Fsp3) is 0.588. The largest absolute Gasteiger partial charge is 0.435 e. The van der Waals surface area contributed by atoms with E-state index in [4.69, 9.17) is 0 Å². The van der Waals surface area contributed by atoms with E-state index < -0.39 is 12.7 Å². The van der Waals surface area contributed by atoms with Gasteiger partial charge < -0.3 is 15.2 Å². The second kappa shape index (κ2) is 8.94. The van der Waals surface area contributed by atoms with Crippen LogP contribution in [0, 0.1) is 0 Å². The zero-order valence-electron chi connectivity index (χ0n) is 13.8. The molecule has 1 heterocycles. The van der Waals surface area contributed by atoms with Crippen molar-refractivity contribution in [1.29, 1.82) is 0 Å². The quantitative estimate of drug-likeness (QED) is 0.798. The number of halogens is 2. The summed E-state index contributed by atoms with van der Waals surface area (Å²) in [6, 6.07) is 6.13. The third-order valence-electron chi connectivity index (χ3n) is 4.11. The number of alkyl halides is 2. The first kappa shape index (κ1) is 18.6. The fourth-order valence-corrected chi connectivity index (χ4v) is 2.89. The molecule has 1 saturated heterocycles. The van der Waals surface area contributed by atoms with Crippen molar-refractivity contribution in [2.75, 3.05) is 19.6 Å². The highest BCUT2D eigenvalue weighted by atomic mass is 19.3. The van der Waals surface area contributed by atoms with E-state index >= 15 is 0 Å². The van der Waals surface area contributed by atoms with E-state index in [1.807, 2.05) is 6.92 Å². The molecule has 0 bridgehead atoms. The van der Waals surface area contributed by atoms with E-state index in [-0.39, 0.29) is 17.7 Å². The van der Waals surface area contributed by atoms with E-state index in [0.717, 1.165) is 19.4 Å². The second-order valence-electron chi connectivity index (χ2n) is 5.98. The van der Waals surface area contributed by atoms with Crippen molar-refractivity contribution in [3.05, 3.63) is 29.8 Å². The highest BCUT2D eigenvalue weighted by Crippen LogP contribution is 2.21. The van der Waals surface area contributed by atoms with Crippen molar-refractivity contribution >= 4 is 5.91 Å². The Bertz CT molecular complexity index is 525. The minimum atomic E-state index is -2.86. The number of β-amino-alcohol motifs (C(OH)–C–C–N with tert-alkyl or cyclic N) is 1. The molecule has 1 fully saturated rings. The number of aliphatic hydroxyl groups excluding tert-OH is 1. The summed E-state index contributed by atoms with van der Waals surface area (Å²) in [6.45, 7) is 0.968. The molecule has 2 atom stereocenters. The maximum absolute atomic E-state index is 12.1. The number of ether oxygens (including phenoxy) is 1. The molecule has 7 heteroatoms. The smallest absolute Gasteiger partial charge is 0.387 e. The molecule has 1 aliphatic rings. The standard InChI is InChI=1S/C17H24F2N2O3/c1-2-16(23)20-13-4-3-9-21(10-13)11-15(22)12-5-7-14(8-6-12)24-17(18)19/h5-8,13,15,17,22H,2-4,9-11H2,1H3,(H,20,23). The van der Waals surface area contributed by atoms with Crippen molar-refractivity contribution in [2.24, 2.45) is 0 Å². The zero-order valence-corrected chi connectivity index (χ0v) is 13.8. The molecule has 1 aromatic rings. The van der Waals surface area contributed by atoms with Crippen LogP contribution in [-0.2, 0) is 4.79 Å². The monoisotopic (exact) mass is 342 g/mol. The van der Waals surface area contributed by atoms with Crippen molar-refractivity contribution in [2.45, 2.75) is 44.9 Å². The van der Waals surface area contributed by atoms with Crippen molar-refractivity contribution in [3.8, 4) is 5.75 Å². The van der Waals surface area contributed by atoms with Crippen LogP contribution >= 0.6 is 0 Å². The Morgan fingerprint density at radius 1 is 1.42 bits per heavy atom. The lowest BCUT2D eigenvalue weighted by molar-refractivity contribution is -0.121. The first-order valence-electron chi connectivity index (χ1n) is 8.22. The molecule has 0 aromatic heterocycles. The minimum Gasteiger partial charge on any atom is -0.435 e. The van der Waals surface area contributed by atoms with Gasteiger partial charge in [0.2, 0.25) is 5.91 Å². The Morgan fingerprint density at radius 2 is 2.12 bits per heavy atom. The van der Waals surface area contributed by atoms with Gasteiger partial charge in [-0.3, -0.25) is 9.69 Å². The van der Waals surface area contributed by atoms with E-state index in [1.165, 1.54) is 12.1 Å². The van der Waals surface area contributed by atoms with Crippen LogP contribution in [0.15, 0.2) is 24.3 Å². The molecule has 2 unspecified atom stereocenters. The lowest BCUT2D eigenvalue weighted by Gasteiger charge is -2.34. The molecule has 0 radical (unpaired) electrons. The summed E-state index contributed by atoms with van der Waals surface area (Å²) in [7, 11) is 0. The number of hydrogen-bond donors (Lipinski definition) is 2. The average molecular weight is 342 g/mol. The maximum Gasteiger partial charge on any atom is 0.387 e. The number of hydrogen-bond acceptors (Lipinski definition) is 4. The third-order valence-corrected chi connectivity index (χ3v) is 4.11. The number of nitrogens with zero attached hydrogens (tertiary/aromatic N) is 1. The SMILES string of the molecule is CCC(=O)NC1CCCN(CC(O)c2ccc(OC(F)F)cc2)C1. The Balaban J connectivity index is 1.86. The van der Waals surface area contributed by atoms with Crippen LogP contribution in [0.4, 0.5) is 8.78 Å².